The van der Waals surface area contributed by atoms with Gasteiger partial charge in [-0.3, -0.25) is 14.7 Å². The Balaban J connectivity index is 1.92. The zero-order chi connectivity index (χ0) is 22.0. The van der Waals surface area contributed by atoms with Crippen LogP contribution in [0.2, 0.25) is 0 Å². The highest BCUT2D eigenvalue weighted by molar-refractivity contribution is 7.98. The van der Waals surface area contributed by atoms with Crippen LogP contribution in [0.3, 0.4) is 0 Å². The summed E-state index contributed by atoms with van der Waals surface area (Å²) < 4.78 is 20.2. The van der Waals surface area contributed by atoms with E-state index in [4.69, 9.17) is 9.84 Å². The molecule has 8 nitrogen and oxygen atoms in total. The van der Waals surface area contributed by atoms with E-state index < -0.39 is 17.5 Å². The van der Waals surface area contributed by atoms with Crippen molar-refractivity contribution in [2.75, 3.05) is 11.6 Å². The number of amides is 1. The van der Waals surface area contributed by atoms with Gasteiger partial charge < -0.3 is 9.84 Å². The van der Waals surface area contributed by atoms with Gasteiger partial charge >= 0.3 is 6.09 Å². The second-order valence-electron chi connectivity index (χ2n) is 6.32. The van der Waals surface area contributed by atoms with Gasteiger partial charge in [0.15, 0.2) is 16.6 Å². The molecule has 31 heavy (non-hydrogen) atoms. The maximum absolute atomic E-state index is 13.3. The van der Waals surface area contributed by atoms with Gasteiger partial charge in [0.1, 0.15) is 11.6 Å². The molecule has 0 saturated heterocycles. The standard InChI is InChI=1S/C21H15FN4O4S/c1-31-20-23-11-12-9-17(30-16-7-5-13(22)6-8-16)19(27)26(18(12)25-20)15-4-2-3-14(10-15)24-21(28)29/h2-11,24H,1H3,(H,28,29). The van der Waals surface area contributed by atoms with E-state index in [-0.39, 0.29) is 17.2 Å². The Morgan fingerprint density at radius 1 is 1.19 bits per heavy atom. The fourth-order valence-corrected chi connectivity index (χ4v) is 3.28. The topological polar surface area (TPSA) is 106 Å². The number of halogens is 1. The van der Waals surface area contributed by atoms with Crippen LogP contribution in [0.4, 0.5) is 14.9 Å². The summed E-state index contributed by atoms with van der Waals surface area (Å²) in [4.78, 5) is 33.1. The van der Waals surface area contributed by atoms with E-state index in [0.29, 0.717) is 21.9 Å². The molecule has 0 fully saturated rings. The van der Waals surface area contributed by atoms with Gasteiger partial charge in [-0.15, -0.1) is 0 Å². The summed E-state index contributed by atoms with van der Waals surface area (Å²) in [6, 6.07) is 13.1. The number of hydrogen-bond acceptors (Lipinski definition) is 6. The minimum Gasteiger partial charge on any atom is -0.465 e. The van der Waals surface area contributed by atoms with Crippen LogP contribution < -0.4 is 15.6 Å². The van der Waals surface area contributed by atoms with Crippen molar-refractivity contribution >= 4 is 34.6 Å². The van der Waals surface area contributed by atoms with E-state index in [0.717, 1.165) is 0 Å². The van der Waals surface area contributed by atoms with E-state index >= 15 is 0 Å². The van der Waals surface area contributed by atoms with E-state index in [1.165, 1.54) is 52.7 Å². The van der Waals surface area contributed by atoms with Gasteiger partial charge in [0.2, 0.25) is 0 Å². The first-order valence-corrected chi connectivity index (χ1v) is 10.2. The number of pyridine rings is 1. The summed E-state index contributed by atoms with van der Waals surface area (Å²) in [5.41, 5.74) is 0.490. The molecule has 4 aromatic rings. The van der Waals surface area contributed by atoms with E-state index in [2.05, 4.69) is 15.3 Å². The van der Waals surface area contributed by atoms with E-state index in [1.807, 2.05) is 6.26 Å². The Morgan fingerprint density at radius 2 is 1.97 bits per heavy atom. The molecule has 4 rings (SSSR count). The number of nitrogens with zero attached hydrogens (tertiary/aromatic N) is 3. The molecule has 156 valence electrons. The van der Waals surface area contributed by atoms with Gasteiger partial charge in [0.05, 0.1) is 5.69 Å². The number of benzene rings is 2. The number of nitrogens with one attached hydrogen (secondary N) is 1. The molecule has 0 atom stereocenters. The Kier molecular flexibility index (Phi) is 5.54. The van der Waals surface area contributed by atoms with Crippen molar-refractivity contribution < 1.29 is 19.0 Å². The number of aromatic nitrogens is 3. The highest BCUT2D eigenvalue weighted by atomic mass is 32.2. The maximum atomic E-state index is 13.3. The predicted octanol–water partition coefficient (Wildman–Crippen LogP) is 4.52. The lowest BCUT2D eigenvalue weighted by Gasteiger charge is -2.14. The van der Waals surface area contributed by atoms with Crippen molar-refractivity contribution in [3.05, 3.63) is 77.0 Å². The summed E-state index contributed by atoms with van der Waals surface area (Å²) in [6.07, 6.45) is 2.16. The monoisotopic (exact) mass is 438 g/mol. The molecule has 0 radical (unpaired) electrons. The van der Waals surface area contributed by atoms with Crippen molar-refractivity contribution in [2.24, 2.45) is 0 Å². The van der Waals surface area contributed by atoms with Crippen LogP contribution in [0.1, 0.15) is 0 Å². The van der Waals surface area contributed by atoms with Gasteiger partial charge in [-0.05, 0) is 54.8 Å². The zero-order valence-electron chi connectivity index (χ0n) is 16.1. The molecule has 0 spiro atoms. The average Bonchev–Trinajstić information content (AvgIpc) is 2.75. The smallest absolute Gasteiger partial charge is 0.409 e. The fourth-order valence-electron chi connectivity index (χ4n) is 2.94. The number of carboxylic acid groups (broad SMARTS) is 1. The minimum absolute atomic E-state index is 0.0174. The Labute approximate surface area is 179 Å². The van der Waals surface area contributed by atoms with E-state index in [1.54, 1.807) is 24.4 Å². The molecule has 0 bridgehead atoms. The second-order valence-corrected chi connectivity index (χ2v) is 7.09. The maximum Gasteiger partial charge on any atom is 0.409 e. The molecular formula is C21H15FN4O4S. The normalized spacial score (nSPS) is 10.8. The number of thioether (sulfide) groups is 1. The SMILES string of the molecule is CSc1ncc2cc(Oc3ccc(F)cc3)c(=O)n(-c3cccc(NC(=O)O)c3)c2n1. The number of anilines is 1. The summed E-state index contributed by atoms with van der Waals surface area (Å²) in [6.45, 7) is 0. The lowest BCUT2D eigenvalue weighted by Crippen LogP contribution is -2.21. The van der Waals surface area contributed by atoms with Crippen molar-refractivity contribution in [1.82, 2.24) is 14.5 Å². The molecule has 2 N–H and O–H groups in total. The molecule has 0 aliphatic rings. The van der Waals surface area contributed by atoms with Crippen LogP contribution in [0.25, 0.3) is 16.7 Å². The third-order valence-electron chi connectivity index (χ3n) is 4.27. The van der Waals surface area contributed by atoms with Crippen molar-refractivity contribution in [1.29, 1.82) is 0 Å². The molecule has 10 heteroatoms. The molecule has 0 unspecified atom stereocenters. The lowest BCUT2D eigenvalue weighted by atomic mass is 10.2. The fraction of sp³-hybridized carbons (Fsp3) is 0.0476. The number of ether oxygens (including phenoxy) is 1. The van der Waals surface area contributed by atoms with Gasteiger partial charge in [-0.25, -0.2) is 19.2 Å². The van der Waals surface area contributed by atoms with Crippen molar-refractivity contribution in [3.8, 4) is 17.2 Å². The van der Waals surface area contributed by atoms with Crippen molar-refractivity contribution in [3.63, 3.8) is 0 Å². The second kappa shape index (κ2) is 8.44. The van der Waals surface area contributed by atoms with Gasteiger partial charge in [0, 0.05) is 17.3 Å². The third kappa shape index (κ3) is 4.33. The number of rotatable bonds is 5. The molecule has 1 amide bonds. The summed E-state index contributed by atoms with van der Waals surface area (Å²) >= 11 is 1.32. The predicted molar refractivity (Wildman–Crippen MR) is 115 cm³/mol. The first kappa shape index (κ1) is 20.4. The van der Waals surface area contributed by atoms with Crippen LogP contribution in [-0.4, -0.2) is 32.0 Å². The van der Waals surface area contributed by atoms with Gasteiger partial charge in [-0.1, -0.05) is 17.8 Å². The lowest BCUT2D eigenvalue weighted by molar-refractivity contribution is 0.210. The number of carbonyl (C=O) groups is 1. The molecule has 2 heterocycles. The summed E-state index contributed by atoms with van der Waals surface area (Å²) in [7, 11) is 0. The number of hydrogen-bond donors (Lipinski definition) is 2. The minimum atomic E-state index is -1.23. The third-order valence-corrected chi connectivity index (χ3v) is 4.83. The highest BCUT2D eigenvalue weighted by Crippen LogP contribution is 2.25. The van der Waals surface area contributed by atoms with Crippen molar-refractivity contribution in [2.45, 2.75) is 5.16 Å². The molecule has 2 aromatic carbocycles. The molecule has 0 aliphatic carbocycles. The Bertz CT molecular complexity index is 1340. The van der Waals surface area contributed by atoms with Crippen LogP contribution in [-0.2, 0) is 0 Å². The first-order chi connectivity index (χ1) is 14.9. The summed E-state index contributed by atoms with van der Waals surface area (Å²) in [5.74, 6) is -0.160. The van der Waals surface area contributed by atoms with Crippen LogP contribution in [0.5, 0.6) is 11.5 Å². The van der Waals surface area contributed by atoms with Crippen LogP contribution >= 0.6 is 11.8 Å². The largest absolute Gasteiger partial charge is 0.465 e. The Morgan fingerprint density at radius 3 is 2.68 bits per heavy atom. The molecule has 0 aliphatic heterocycles. The van der Waals surface area contributed by atoms with Gasteiger partial charge in [0.25, 0.3) is 5.56 Å². The highest BCUT2D eigenvalue weighted by Gasteiger charge is 2.16. The average molecular weight is 438 g/mol. The van der Waals surface area contributed by atoms with Crippen LogP contribution in [0, 0.1) is 5.82 Å². The Hall–Kier alpha value is -3.92. The summed E-state index contributed by atoms with van der Waals surface area (Å²) in [5, 5.41) is 12.3. The van der Waals surface area contributed by atoms with Crippen LogP contribution in [0.15, 0.2) is 70.7 Å². The van der Waals surface area contributed by atoms with E-state index in [9.17, 15) is 14.0 Å². The molecular weight excluding hydrogens is 423 g/mol. The molecule has 2 aromatic heterocycles. The first-order valence-electron chi connectivity index (χ1n) is 8.95. The zero-order valence-corrected chi connectivity index (χ0v) is 16.9. The quantitative estimate of drug-likeness (QED) is 0.348. The number of fused-ring (bicyclic) bond motifs is 1. The van der Waals surface area contributed by atoms with Gasteiger partial charge in [-0.2, -0.15) is 0 Å². The molecule has 0 saturated carbocycles.